The van der Waals surface area contributed by atoms with Gasteiger partial charge in [0, 0.05) is 6.61 Å². The molecule has 1 fully saturated rings. The number of aliphatic hydroxyl groups is 1. The van der Waals surface area contributed by atoms with Crippen molar-refractivity contribution in [2.75, 3.05) is 19.7 Å². The zero-order valence-corrected chi connectivity index (χ0v) is 10.8. The fourth-order valence-electron chi connectivity index (χ4n) is 2.49. The lowest BCUT2D eigenvalue weighted by molar-refractivity contribution is -0.145. The lowest BCUT2D eigenvalue weighted by Crippen LogP contribution is -2.47. The second-order valence-electron chi connectivity index (χ2n) is 5.16. The number of unbranched alkanes of at least 4 members (excludes halogenated alkanes) is 3. The van der Waals surface area contributed by atoms with Gasteiger partial charge in [0.1, 0.15) is 6.04 Å². The Morgan fingerprint density at radius 2 is 2.00 bits per heavy atom. The first-order valence-electron chi connectivity index (χ1n) is 6.73. The van der Waals surface area contributed by atoms with Crippen molar-refractivity contribution in [2.45, 2.75) is 51.5 Å². The quantitative estimate of drug-likeness (QED) is 0.668. The van der Waals surface area contributed by atoms with Gasteiger partial charge in [-0.25, -0.2) is 0 Å². The van der Waals surface area contributed by atoms with E-state index in [0.717, 1.165) is 51.6 Å². The molecule has 2 unspecified atom stereocenters. The van der Waals surface area contributed by atoms with Gasteiger partial charge in [-0.3, -0.25) is 9.69 Å². The highest BCUT2D eigenvalue weighted by atomic mass is 16.4. The number of rotatable bonds is 7. The second kappa shape index (κ2) is 7.67. The maximum atomic E-state index is 11.2. The molecule has 1 saturated heterocycles. The molecule has 100 valence electrons. The Kier molecular flexibility index (Phi) is 6.52. The van der Waals surface area contributed by atoms with Crippen LogP contribution in [0.1, 0.15) is 45.4 Å². The van der Waals surface area contributed by atoms with E-state index in [2.05, 4.69) is 11.8 Å². The summed E-state index contributed by atoms with van der Waals surface area (Å²) in [5, 5.41) is 17.9. The monoisotopic (exact) mass is 243 g/mol. The first-order valence-corrected chi connectivity index (χ1v) is 6.73. The lowest BCUT2D eigenvalue weighted by Gasteiger charge is -2.35. The summed E-state index contributed by atoms with van der Waals surface area (Å²) >= 11 is 0. The highest BCUT2D eigenvalue weighted by Gasteiger charge is 2.30. The summed E-state index contributed by atoms with van der Waals surface area (Å²) in [6.45, 7) is 4.20. The molecule has 2 N–H and O–H groups in total. The number of carbonyl (C=O) groups is 1. The number of aliphatic carboxylic acids is 1. The molecule has 4 nitrogen and oxygen atoms in total. The SMILES string of the molecule is CC1CCN(CCCCCCO)C(C(=O)O)C1. The minimum absolute atomic E-state index is 0.263. The van der Waals surface area contributed by atoms with E-state index < -0.39 is 5.97 Å². The number of carboxylic acid groups (broad SMARTS) is 1. The van der Waals surface area contributed by atoms with E-state index in [1.807, 2.05) is 0 Å². The van der Waals surface area contributed by atoms with Crippen LogP contribution in [0.5, 0.6) is 0 Å². The van der Waals surface area contributed by atoms with Crippen molar-refractivity contribution in [1.82, 2.24) is 4.90 Å². The van der Waals surface area contributed by atoms with Crippen LogP contribution in [-0.4, -0.2) is 46.8 Å². The molecule has 0 aromatic heterocycles. The Morgan fingerprint density at radius 3 is 2.65 bits per heavy atom. The van der Waals surface area contributed by atoms with Crippen LogP contribution < -0.4 is 0 Å². The average Bonchev–Trinajstić information content (AvgIpc) is 2.30. The van der Waals surface area contributed by atoms with Crippen molar-refractivity contribution in [1.29, 1.82) is 0 Å². The van der Waals surface area contributed by atoms with Crippen molar-refractivity contribution in [2.24, 2.45) is 5.92 Å². The molecule has 1 rings (SSSR count). The summed E-state index contributed by atoms with van der Waals surface area (Å²) < 4.78 is 0. The van der Waals surface area contributed by atoms with Crippen LogP contribution in [0.15, 0.2) is 0 Å². The minimum Gasteiger partial charge on any atom is -0.480 e. The molecule has 0 aromatic rings. The van der Waals surface area contributed by atoms with E-state index in [0.29, 0.717) is 5.92 Å². The van der Waals surface area contributed by atoms with Crippen molar-refractivity contribution in [3.8, 4) is 0 Å². The van der Waals surface area contributed by atoms with E-state index in [9.17, 15) is 9.90 Å². The van der Waals surface area contributed by atoms with Gasteiger partial charge in [0.2, 0.25) is 0 Å². The van der Waals surface area contributed by atoms with Crippen molar-refractivity contribution >= 4 is 5.97 Å². The fourth-order valence-corrected chi connectivity index (χ4v) is 2.49. The molecule has 0 spiro atoms. The Morgan fingerprint density at radius 1 is 1.29 bits per heavy atom. The molecule has 0 amide bonds. The molecule has 1 aliphatic rings. The summed E-state index contributed by atoms with van der Waals surface area (Å²) in [5.41, 5.74) is 0. The van der Waals surface area contributed by atoms with Crippen LogP contribution >= 0.6 is 0 Å². The normalized spacial score (nSPS) is 26.0. The second-order valence-corrected chi connectivity index (χ2v) is 5.16. The highest BCUT2D eigenvalue weighted by Crippen LogP contribution is 2.23. The van der Waals surface area contributed by atoms with E-state index in [1.54, 1.807) is 0 Å². The van der Waals surface area contributed by atoms with Crippen LogP contribution in [0.25, 0.3) is 0 Å². The van der Waals surface area contributed by atoms with Gasteiger partial charge in [0.25, 0.3) is 0 Å². The minimum atomic E-state index is -0.674. The summed E-state index contributed by atoms with van der Waals surface area (Å²) in [6, 6.07) is -0.281. The van der Waals surface area contributed by atoms with Gasteiger partial charge >= 0.3 is 5.97 Å². The number of hydrogen-bond donors (Lipinski definition) is 2. The van der Waals surface area contributed by atoms with E-state index in [1.165, 1.54) is 0 Å². The third-order valence-electron chi connectivity index (χ3n) is 3.61. The summed E-state index contributed by atoms with van der Waals surface area (Å²) in [5.74, 6) is -0.145. The van der Waals surface area contributed by atoms with Crippen LogP contribution in [0.3, 0.4) is 0 Å². The van der Waals surface area contributed by atoms with Gasteiger partial charge in [0.05, 0.1) is 0 Å². The first-order chi connectivity index (χ1) is 8.15. The molecule has 2 atom stereocenters. The topological polar surface area (TPSA) is 60.8 Å². The number of piperidine rings is 1. The third-order valence-corrected chi connectivity index (χ3v) is 3.61. The molecule has 0 bridgehead atoms. The molecular weight excluding hydrogens is 218 g/mol. The first kappa shape index (κ1) is 14.5. The molecule has 17 heavy (non-hydrogen) atoms. The van der Waals surface area contributed by atoms with Crippen LogP contribution in [0, 0.1) is 5.92 Å². The molecule has 0 radical (unpaired) electrons. The molecular formula is C13H25NO3. The smallest absolute Gasteiger partial charge is 0.320 e. The van der Waals surface area contributed by atoms with E-state index >= 15 is 0 Å². The molecule has 0 saturated carbocycles. The Balaban J connectivity index is 2.27. The highest BCUT2D eigenvalue weighted by molar-refractivity contribution is 5.73. The fraction of sp³-hybridized carbons (Fsp3) is 0.923. The maximum Gasteiger partial charge on any atom is 0.320 e. The predicted molar refractivity (Wildman–Crippen MR) is 66.9 cm³/mol. The van der Waals surface area contributed by atoms with Gasteiger partial charge in [-0.1, -0.05) is 19.8 Å². The average molecular weight is 243 g/mol. The summed E-state index contributed by atoms with van der Waals surface area (Å²) in [6.07, 6.45) is 5.92. The number of carboxylic acids is 1. The Bertz CT molecular complexity index is 233. The molecule has 1 heterocycles. The molecule has 1 aliphatic heterocycles. The molecule has 0 aromatic carbocycles. The Labute approximate surface area is 104 Å². The Hall–Kier alpha value is -0.610. The molecule has 4 heteroatoms. The van der Waals surface area contributed by atoms with Gasteiger partial charge in [-0.05, 0) is 44.7 Å². The third kappa shape index (κ3) is 5.04. The lowest BCUT2D eigenvalue weighted by atomic mass is 9.92. The number of likely N-dealkylation sites (tertiary alicyclic amines) is 1. The summed E-state index contributed by atoms with van der Waals surface area (Å²) in [4.78, 5) is 13.3. The van der Waals surface area contributed by atoms with Gasteiger partial charge in [-0.2, -0.15) is 0 Å². The maximum absolute atomic E-state index is 11.2. The van der Waals surface area contributed by atoms with Gasteiger partial charge < -0.3 is 10.2 Å². The van der Waals surface area contributed by atoms with Crippen molar-refractivity contribution < 1.29 is 15.0 Å². The zero-order valence-electron chi connectivity index (χ0n) is 10.8. The van der Waals surface area contributed by atoms with Crippen LogP contribution in [-0.2, 0) is 4.79 Å². The van der Waals surface area contributed by atoms with Gasteiger partial charge in [-0.15, -0.1) is 0 Å². The standard InChI is InChI=1S/C13H25NO3/c1-11-6-8-14(12(10-11)13(16)17)7-4-2-3-5-9-15/h11-12,15H,2-10H2,1H3,(H,16,17). The van der Waals surface area contributed by atoms with Crippen molar-refractivity contribution in [3.63, 3.8) is 0 Å². The van der Waals surface area contributed by atoms with Crippen molar-refractivity contribution in [3.05, 3.63) is 0 Å². The van der Waals surface area contributed by atoms with E-state index in [4.69, 9.17) is 5.11 Å². The summed E-state index contributed by atoms with van der Waals surface area (Å²) in [7, 11) is 0. The van der Waals surface area contributed by atoms with E-state index in [-0.39, 0.29) is 12.6 Å². The largest absolute Gasteiger partial charge is 0.480 e. The van der Waals surface area contributed by atoms with Crippen LogP contribution in [0.2, 0.25) is 0 Å². The van der Waals surface area contributed by atoms with Gasteiger partial charge in [0.15, 0.2) is 0 Å². The van der Waals surface area contributed by atoms with Crippen LogP contribution in [0.4, 0.5) is 0 Å². The number of hydrogen-bond acceptors (Lipinski definition) is 3. The number of nitrogens with zero attached hydrogens (tertiary/aromatic N) is 1. The predicted octanol–water partition coefficient (Wildman–Crippen LogP) is 1.72. The molecule has 0 aliphatic carbocycles. The zero-order chi connectivity index (χ0) is 12.7. The number of aliphatic hydroxyl groups excluding tert-OH is 1.